The summed E-state index contributed by atoms with van der Waals surface area (Å²) in [6.45, 7) is 7.65. The van der Waals surface area contributed by atoms with E-state index >= 15 is 4.39 Å². The van der Waals surface area contributed by atoms with Crippen molar-refractivity contribution in [3.05, 3.63) is 124 Å². The number of hydrogen-bond acceptors (Lipinski definition) is 6. The highest BCUT2D eigenvalue weighted by molar-refractivity contribution is 6.74. The Bertz CT molecular complexity index is 2130. The van der Waals surface area contributed by atoms with Crippen molar-refractivity contribution in [1.29, 1.82) is 0 Å². The number of halogens is 5. The molecule has 0 bridgehead atoms. The summed E-state index contributed by atoms with van der Waals surface area (Å²) in [5.74, 6) is -0.768. The standard InChI is InChI=1S/C34H33Cl2F3N8O2Si/c1-34(2,3)50(4,5)49-32(21-9-7-6-8-10-21)31(45-18-23(17-41-45)25-15-16-40-47(25)33(38)39)27-13-11-22(19-46(27)48)29-26(14-12-24(35)30(29)37)44-20-28(36)42-43-44/h6-20,31-33H,1-5H3. The molecule has 6 aromatic rings. The lowest BCUT2D eigenvalue weighted by Gasteiger charge is -2.41. The maximum Gasteiger partial charge on any atom is 0.333 e. The van der Waals surface area contributed by atoms with Crippen LogP contribution in [0.15, 0.2) is 91.6 Å². The zero-order valence-corrected chi connectivity index (χ0v) is 30.2. The molecule has 4 heterocycles. The van der Waals surface area contributed by atoms with E-state index in [0.29, 0.717) is 15.0 Å². The Morgan fingerprint density at radius 3 is 2.32 bits per heavy atom. The number of rotatable bonds is 10. The maximum absolute atomic E-state index is 15.7. The van der Waals surface area contributed by atoms with E-state index in [1.165, 1.54) is 46.3 Å². The summed E-state index contributed by atoms with van der Waals surface area (Å²) < 4.78 is 54.5. The summed E-state index contributed by atoms with van der Waals surface area (Å²) in [5, 5.41) is 30.1. The van der Waals surface area contributed by atoms with Crippen molar-refractivity contribution >= 4 is 31.5 Å². The van der Waals surface area contributed by atoms with Gasteiger partial charge in [-0.15, -0.1) is 5.10 Å². The van der Waals surface area contributed by atoms with Gasteiger partial charge in [0.1, 0.15) is 6.10 Å². The molecule has 0 saturated carbocycles. The molecule has 4 aromatic heterocycles. The van der Waals surface area contributed by atoms with E-state index in [0.717, 1.165) is 5.56 Å². The summed E-state index contributed by atoms with van der Waals surface area (Å²) in [5.41, 5.74) is 1.94. The monoisotopic (exact) mass is 740 g/mol. The van der Waals surface area contributed by atoms with Crippen LogP contribution in [0.1, 0.15) is 50.7 Å². The quantitative estimate of drug-likeness (QED) is 0.0790. The molecule has 260 valence electrons. The third-order valence-corrected chi connectivity index (χ3v) is 13.9. The van der Waals surface area contributed by atoms with E-state index < -0.39 is 32.8 Å². The van der Waals surface area contributed by atoms with Gasteiger partial charge in [-0.1, -0.05) is 79.5 Å². The molecule has 0 amide bonds. The Kier molecular flexibility index (Phi) is 9.65. The first-order valence-corrected chi connectivity index (χ1v) is 19.2. The number of hydrogen-bond donors (Lipinski definition) is 0. The minimum atomic E-state index is -2.88. The van der Waals surface area contributed by atoms with Crippen molar-refractivity contribution in [3.8, 4) is 28.1 Å². The summed E-state index contributed by atoms with van der Waals surface area (Å²) in [6, 6.07) is 16.1. The van der Waals surface area contributed by atoms with Gasteiger partial charge in [-0.25, -0.2) is 13.8 Å². The number of pyridine rings is 1. The minimum Gasteiger partial charge on any atom is -0.618 e. The first-order chi connectivity index (χ1) is 23.7. The third-order valence-electron chi connectivity index (χ3n) is 9.00. The fraction of sp³-hybridized carbons (Fsp3) is 0.265. The van der Waals surface area contributed by atoms with Crippen molar-refractivity contribution in [2.45, 2.75) is 57.6 Å². The number of alkyl halides is 2. The third kappa shape index (κ3) is 6.80. The summed E-state index contributed by atoms with van der Waals surface area (Å²) in [6.07, 6.45) is 6.20. The molecule has 16 heteroatoms. The van der Waals surface area contributed by atoms with Crippen LogP contribution in [0.4, 0.5) is 13.2 Å². The van der Waals surface area contributed by atoms with Crippen LogP contribution in [0.3, 0.4) is 0 Å². The van der Waals surface area contributed by atoms with Crippen LogP contribution in [0.2, 0.25) is 28.3 Å². The molecule has 0 aliphatic carbocycles. The highest BCUT2D eigenvalue weighted by Gasteiger charge is 2.44. The van der Waals surface area contributed by atoms with Crippen molar-refractivity contribution in [2.75, 3.05) is 0 Å². The van der Waals surface area contributed by atoms with Gasteiger partial charge < -0.3 is 9.63 Å². The average Bonchev–Trinajstić information content (AvgIpc) is 3.84. The van der Waals surface area contributed by atoms with Crippen LogP contribution in [-0.4, -0.2) is 42.9 Å². The van der Waals surface area contributed by atoms with Gasteiger partial charge in [0, 0.05) is 24.0 Å². The lowest BCUT2D eigenvalue weighted by molar-refractivity contribution is -0.616. The molecule has 0 spiro atoms. The van der Waals surface area contributed by atoms with Gasteiger partial charge in [0.2, 0.25) is 5.69 Å². The fourth-order valence-corrected chi connectivity index (χ4v) is 6.98. The predicted molar refractivity (Wildman–Crippen MR) is 186 cm³/mol. The van der Waals surface area contributed by atoms with E-state index in [9.17, 15) is 14.0 Å². The first kappa shape index (κ1) is 35.3. The largest absolute Gasteiger partial charge is 0.618 e. The summed E-state index contributed by atoms with van der Waals surface area (Å²) in [4.78, 5) is 0. The fourth-order valence-electron chi connectivity index (χ4n) is 5.44. The molecule has 50 heavy (non-hydrogen) atoms. The Hall–Kier alpha value is -4.50. The summed E-state index contributed by atoms with van der Waals surface area (Å²) in [7, 11) is -2.54. The molecule has 0 N–H and O–H groups in total. The molecule has 0 radical (unpaired) electrons. The molecule has 2 unspecified atom stereocenters. The number of benzene rings is 2. The normalized spacial score (nSPS) is 13.6. The van der Waals surface area contributed by atoms with Crippen LogP contribution in [-0.2, 0) is 4.43 Å². The number of nitrogens with zero attached hydrogens (tertiary/aromatic N) is 8. The Morgan fingerprint density at radius 2 is 1.68 bits per heavy atom. The molecule has 2 aromatic carbocycles. The molecular formula is C34H33Cl2F3N8O2Si. The lowest BCUT2D eigenvalue weighted by Crippen LogP contribution is -2.45. The van der Waals surface area contributed by atoms with Crippen LogP contribution >= 0.6 is 23.2 Å². The molecule has 0 aliphatic rings. The molecule has 0 aliphatic heterocycles. The zero-order chi connectivity index (χ0) is 36.0. The molecule has 10 nitrogen and oxygen atoms in total. The second kappa shape index (κ2) is 13.7. The molecule has 6 rings (SSSR count). The minimum absolute atomic E-state index is 0.00513. The SMILES string of the molecule is CC(C)(C)[Si](C)(C)OC(c1ccccc1)C(c1ccc(-c2c(-n3cc(Cl)nn3)ccc(Cl)c2F)c[n+]1[O-])n1cc(-c2ccnn2C(F)F)cn1. The van der Waals surface area contributed by atoms with Crippen LogP contribution < -0.4 is 4.73 Å². The predicted octanol–water partition coefficient (Wildman–Crippen LogP) is 8.82. The van der Waals surface area contributed by atoms with Gasteiger partial charge in [-0.3, -0.25) is 4.68 Å². The van der Waals surface area contributed by atoms with Gasteiger partial charge in [0.25, 0.3) is 0 Å². The van der Waals surface area contributed by atoms with E-state index in [4.69, 9.17) is 27.6 Å². The Balaban J connectivity index is 1.55. The number of aromatic nitrogens is 8. The van der Waals surface area contributed by atoms with Gasteiger partial charge in [0.05, 0.1) is 39.9 Å². The topological polar surface area (TPSA) is 103 Å². The van der Waals surface area contributed by atoms with Gasteiger partial charge in [-0.2, -0.15) is 23.7 Å². The maximum atomic E-state index is 15.7. The van der Waals surface area contributed by atoms with Crippen LogP contribution in [0.25, 0.3) is 28.1 Å². The average molecular weight is 742 g/mol. The van der Waals surface area contributed by atoms with Gasteiger partial charge >= 0.3 is 6.55 Å². The highest BCUT2D eigenvalue weighted by Crippen LogP contribution is 2.44. The lowest BCUT2D eigenvalue weighted by atomic mass is 9.97. The van der Waals surface area contributed by atoms with Crippen molar-refractivity contribution < 1.29 is 22.3 Å². The highest BCUT2D eigenvalue weighted by atomic mass is 35.5. The molecular weight excluding hydrogens is 708 g/mol. The van der Waals surface area contributed by atoms with Crippen LogP contribution in [0.5, 0.6) is 0 Å². The van der Waals surface area contributed by atoms with Crippen molar-refractivity contribution in [2.24, 2.45) is 0 Å². The van der Waals surface area contributed by atoms with Gasteiger partial charge in [0.15, 0.2) is 31.5 Å². The van der Waals surface area contributed by atoms with Gasteiger partial charge in [-0.05, 0) is 48.0 Å². The van der Waals surface area contributed by atoms with Crippen molar-refractivity contribution in [3.63, 3.8) is 0 Å². The Labute approximate surface area is 297 Å². The Morgan fingerprint density at radius 1 is 0.940 bits per heavy atom. The van der Waals surface area contributed by atoms with E-state index in [1.807, 2.05) is 30.3 Å². The van der Waals surface area contributed by atoms with Crippen molar-refractivity contribution in [1.82, 2.24) is 34.6 Å². The molecule has 0 saturated heterocycles. The zero-order valence-electron chi connectivity index (χ0n) is 27.7. The van der Waals surface area contributed by atoms with E-state index in [-0.39, 0.29) is 43.4 Å². The molecule has 0 fully saturated rings. The van der Waals surface area contributed by atoms with E-state index in [2.05, 4.69) is 54.4 Å². The first-order valence-electron chi connectivity index (χ1n) is 15.5. The summed E-state index contributed by atoms with van der Waals surface area (Å²) >= 11 is 12.2. The molecule has 2 atom stereocenters. The smallest absolute Gasteiger partial charge is 0.333 e. The second-order valence-electron chi connectivity index (χ2n) is 13.2. The van der Waals surface area contributed by atoms with Crippen LogP contribution in [0, 0.1) is 11.0 Å². The van der Waals surface area contributed by atoms with E-state index in [1.54, 1.807) is 24.4 Å². The second-order valence-corrected chi connectivity index (χ2v) is 18.8.